The van der Waals surface area contributed by atoms with Gasteiger partial charge in [-0.2, -0.15) is 0 Å². The molecule has 4 heteroatoms. The molecule has 120 valence electrons. The third-order valence-corrected chi connectivity index (χ3v) is 4.44. The second-order valence-corrected chi connectivity index (χ2v) is 6.19. The molecule has 1 aliphatic heterocycles. The van der Waals surface area contributed by atoms with E-state index in [1.807, 2.05) is 72.8 Å². The number of hydrogen-bond acceptors (Lipinski definition) is 3. The molecule has 0 saturated carbocycles. The first-order valence-electron chi connectivity index (χ1n) is 7.77. The van der Waals surface area contributed by atoms with Crippen LogP contribution in [-0.4, -0.2) is 10.3 Å². The van der Waals surface area contributed by atoms with Crippen molar-refractivity contribution in [1.82, 2.24) is 5.06 Å². The Kier molecular flexibility index (Phi) is 3.98. The number of hydrogen-bond donors (Lipinski definition) is 1. The maximum atomic E-state index is 10.9. The highest BCUT2D eigenvalue weighted by Crippen LogP contribution is 2.44. The molecule has 0 aromatic heterocycles. The van der Waals surface area contributed by atoms with Gasteiger partial charge >= 0.3 is 0 Å². The van der Waals surface area contributed by atoms with E-state index in [9.17, 15) is 5.21 Å². The standard InChI is InChI=1S/C20H16ClNO2/c21-16-11-12-18-17(13-16)19(14-7-3-1-4-8-14)22(23)20(24-18)15-9-5-2-6-10-15/h1-13,19-20,23H. The van der Waals surface area contributed by atoms with Gasteiger partial charge in [-0.1, -0.05) is 72.3 Å². The summed E-state index contributed by atoms with van der Waals surface area (Å²) in [5, 5.41) is 12.8. The average Bonchev–Trinajstić information content (AvgIpc) is 2.63. The van der Waals surface area contributed by atoms with Crippen molar-refractivity contribution in [3.05, 3.63) is 101 Å². The fraction of sp³-hybridized carbons (Fsp3) is 0.100. The molecule has 3 aromatic rings. The molecular weight excluding hydrogens is 322 g/mol. The van der Waals surface area contributed by atoms with Crippen molar-refractivity contribution in [2.24, 2.45) is 0 Å². The Labute approximate surface area is 145 Å². The van der Waals surface area contributed by atoms with Gasteiger partial charge in [0.15, 0.2) is 0 Å². The van der Waals surface area contributed by atoms with E-state index in [4.69, 9.17) is 16.3 Å². The summed E-state index contributed by atoms with van der Waals surface area (Å²) in [6.07, 6.45) is -0.579. The molecule has 0 spiro atoms. The van der Waals surface area contributed by atoms with Crippen LogP contribution in [0.25, 0.3) is 0 Å². The Bertz CT molecular complexity index is 839. The highest BCUT2D eigenvalue weighted by atomic mass is 35.5. The largest absolute Gasteiger partial charge is 0.468 e. The third-order valence-electron chi connectivity index (χ3n) is 4.21. The first-order valence-corrected chi connectivity index (χ1v) is 8.15. The molecular formula is C20H16ClNO2. The Balaban J connectivity index is 1.85. The van der Waals surface area contributed by atoms with E-state index in [1.165, 1.54) is 5.06 Å². The summed E-state index contributed by atoms with van der Waals surface area (Å²) in [4.78, 5) is 0. The SMILES string of the molecule is ON1C(c2ccccc2)Oc2ccc(Cl)cc2C1c1ccccc1. The van der Waals surface area contributed by atoms with Crippen LogP contribution in [0.15, 0.2) is 78.9 Å². The lowest BCUT2D eigenvalue weighted by molar-refractivity contribution is -0.220. The van der Waals surface area contributed by atoms with Gasteiger partial charge in [-0.25, -0.2) is 0 Å². The summed E-state index contributed by atoms with van der Waals surface area (Å²) in [5.74, 6) is 0.729. The second-order valence-electron chi connectivity index (χ2n) is 5.76. The molecule has 0 fully saturated rings. The minimum atomic E-state index is -0.579. The van der Waals surface area contributed by atoms with Crippen LogP contribution in [0.3, 0.4) is 0 Å². The van der Waals surface area contributed by atoms with Gasteiger partial charge in [0.2, 0.25) is 6.23 Å². The predicted molar refractivity (Wildman–Crippen MR) is 93.2 cm³/mol. The van der Waals surface area contributed by atoms with Crippen LogP contribution in [0.2, 0.25) is 5.02 Å². The second kappa shape index (κ2) is 6.29. The summed E-state index contributed by atoms with van der Waals surface area (Å²) in [7, 11) is 0. The van der Waals surface area contributed by atoms with Crippen LogP contribution in [0.5, 0.6) is 5.75 Å². The molecule has 24 heavy (non-hydrogen) atoms. The number of halogens is 1. The molecule has 0 amide bonds. The van der Waals surface area contributed by atoms with Gasteiger partial charge in [-0.3, -0.25) is 0 Å². The van der Waals surface area contributed by atoms with Gasteiger partial charge in [-0.15, -0.1) is 5.06 Å². The normalized spacial score (nSPS) is 20.2. The molecule has 0 saturated heterocycles. The van der Waals surface area contributed by atoms with E-state index in [0.29, 0.717) is 5.02 Å². The van der Waals surface area contributed by atoms with Gasteiger partial charge in [-0.05, 0) is 23.8 Å². The Morgan fingerprint density at radius 3 is 2.12 bits per heavy atom. The summed E-state index contributed by atoms with van der Waals surface area (Å²) in [6.45, 7) is 0. The van der Waals surface area contributed by atoms with Crippen molar-refractivity contribution in [3.8, 4) is 5.75 Å². The maximum absolute atomic E-state index is 10.9. The quantitative estimate of drug-likeness (QED) is 0.696. The summed E-state index contributed by atoms with van der Waals surface area (Å²) < 4.78 is 6.05. The number of nitrogens with zero attached hydrogens (tertiary/aromatic N) is 1. The Hall–Kier alpha value is -2.33. The van der Waals surface area contributed by atoms with Gasteiger partial charge in [0.1, 0.15) is 5.75 Å². The third kappa shape index (κ3) is 2.67. The molecule has 3 aromatic carbocycles. The highest BCUT2D eigenvalue weighted by molar-refractivity contribution is 6.30. The Morgan fingerprint density at radius 1 is 0.833 bits per heavy atom. The van der Waals surface area contributed by atoms with Crippen molar-refractivity contribution in [2.45, 2.75) is 12.3 Å². The molecule has 0 bridgehead atoms. The van der Waals surface area contributed by atoms with Gasteiger partial charge in [0, 0.05) is 16.1 Å². The molecule has 0 aliphatic carbocycles. The number of fused-ring (bicyclic) bond motifs is 1. The van der Waals surface area contributed by atoms with Crippen LogP contribution < -0.4 is 4.74 Å². The number of benzene rings is 3. The van der Waals surface area contributed by atoms with E-state index in [-0.39, 0.29) is 6.04 Å². The van der Waals surface area contributed by atoms with E-state index >= 15 is 0 Å². The molecule has 1 heterocycles. The first kappa shape index (κ1) is 15.2. The lowest BCUT2D eigenvalue weighted by Gasteiger charge is -2.39. The van der Waals surface area contributed by atoms with Crippen molar-refractivity contribution in [1.29, 1.82) is 0 Å². The van der Waals surface area contributed by atoms with E-state index < -0.39 is 6.23 Å². The van der Waals surface area contributed by atoms with E-state index in [2.05, 4.69) is 0 Å². The molecule has 4 rings (SSSR count). The highest BCUT2D eigenvalue weighted by Gasteiger charge is 2.37. The van der Waals surface area contributed by atoms with Crippen LogP contribution in [0.1, 0.15) is 29.0 Å². The van der Waals surface area contributed by atoms with Crippen LogP contribution >= 0.6 is 11.6 Å². The van der Waals surface area contributed by atoms with Gasteiger partial charge < -0.3 is 9.94 Å². The minimum absolute atomic E-state index is 0.348. The first-order chi connectivity index (χ1) is 11.7. The molecule has 2 unspecified atom stereocenters. The average molecular weight is 338 g/mol. The summed E-state index contributed by atoms with van der Waals surface area (Å²) >= 11 is 6.17. The minimum Gasteiger partial charge on any atom is -0.468 e. The molecule has 1 N–H and O–H groups in total. The predicted octanol–water partition coefficient (Wildman–Crippen LogP) is 5.21. The number of hydroxylamine groups is 2. The van der Waals surface area contributed by atoms with Crippen molar-refractivity contribution in [3.63, 3.8) is 0 Å². The maximum Gasteiger partial charge on any atom is 0.201 e. The number of ether oxygens (including phenoxy) is 1. The lowest BCUT2D eigenvalue weighted by Crippen LogP contribution is -2.37. The van der Waals surface area contributed by atoms with Gasteiger partial charge in [0.05, 0.1) is 6.04 Å². The zero-order chi connectivity index (χ0) is 16.5. The summed E-state index contributed by atoms with van der Waals surface area (Å²) in [6, 6.07) is 24.7. The van der Waals surface area contributed by atoms with Crippen LogP contribution in [0, 0.1) is 0 Å². The summed E-state index contributed by atoms with van der Waals surface area (Å²) in [5.41, 5.74) is 2.72. The topological polar surface area (TPSA) is 32.7 Å². The van der Waals surface area contributed by atoms with Crippen molar-refractivity contribution >= 4 is 11.6 Å². The van der Waals surface area contributed by atoms with E-state index in [0.717, 1.165) is 22.4 Å². The fourth-order valence-corrected chi connectivity index (χ4v) is 3.28. The Morgan fingerprint density at radius 2 is 1.46 bits per heavy atom. The monoisotopic (exact) mass is 337 g/mol. The zero-order valence-electron chi connectivity index (χ0n) is 12.8. The van der Waals surface area contributed by atoms with Crippen molar-refractivity contribution in [2.75, 3.05) is 0 Å². The molecule has 1 aliphatic rings. The zero-order valence-corrected chi connectivity index (χ0v) is 13.6. The molecule has 0 radical (unpaired) electrons. The van der Waals surface area contributed by atoms with Crippen LogP contribution in [0.4, 0.5) is 0 Å². The lowest BCUT2D eigenvalue weighted by atomic mass is 9.95. The smallest absolute Gasteiger partial charge is 0.201 e. The number of rotatable bonds is 2. The van der Waals surface area contributed by atoms with Crippen LogP contribution in [-0.2, 0) is 0 Å². The van der Waals surface area contributed by atoms with Gasteiger partial charge in [0.25, 0.3) is 0 Å². The van der Waals surface area contributed by atoms with Crippen molar-refractivity contribution < 1.29 is 9.94 Å². The molecule has 3 nitrogen and oxygen atoms in total. The molecule has 2 atom stereocenters. The fourth-order valence-electron chi connectivity index (χ4n) is 3.10. The van der Waals surface area contributed by atoms with E-state index in [1.54, 1.807) is 6.07 Å².